The number of nitrogens with zero attached hydrogens (tertiary/aromatic N) is 4. The molecule has 0 amide bonds. The van der Waals surface area contributed by atoms with Gasteiger partial charge >= 0.3 is 0 Å². The quantitative estimate of drug-likeness (QED) is 0.807. The molecule has 1 aromatic rings. The van der Waals surface area contributed by atoms with Gasteiger partial charge in [0.2, 0.25) is 0 Å². The van der Waals surface area contributed by atoms with Gasteiger partial charge < -0.3 is 5.32 Å². The van der Waals surface area contributed by atoms with E-state index in [1.54, 1.807) is 0 Å². The highest BCUT2D eigenvalue weighted by Gasteiger charge is 2.32. The van der Waals surface area contributed by atoms with Gasteiger partial charge in [-0.05, 0) is 29.4 Å². The first-order valence-corrected chi connectivity index (χ1v) is 6.46. The zero-order valence-electron chi connectivity index (χ0n) is 11.3. The minimum absolute atomic E-state index is 0.200. The minimum atomic E-state index is 0.200. The third kappa shape index (κ3) is 3.25. The Balaban J connectivity index is 1.98. The van der Waals surface area contributed by atoms with Gasteiger partial charge in [0.05, 0.1) is 7.05 Å². The predicted molar refractivity (Wildman–Crippen MR) is 66.5 cm³/mol. The largest absolute Gasteiger partial charge is 0.313 e. The van der Waals surface area contributed by atoms with Crippen LogP contribution in [0, 0.1) is 11.3 Å². The van der Waals surface area contributed by atoms with Crippen molar-refractivity contribution in [2.45, 2.75) is 46.1 Å². The molecule has 1 aliphatic carbocycles. The van der Waals surface area contributed by atoms with Crippen LogP contribution in [0.15, 0.2) is 0 Å². The van der Waals surface area contributed by atoms with Gasteiger partial charge in [-0.15, -0.1) is 10.2 Å². The number of aryl methyl sites for hydroxylation is 1. The molecule has 0 aliphatic heterocycles. The third-order valence-corrected chi connectivity index (χ3v) is 3.88. The lowest BCUT2D eigenvalue weighted by atomic mass is 9.76. The second kappa shape index (κ2) is 4.72. The van der Waals surface area contributed by atoms with Crippen LogP contribution in [-0.4, -0.2) is 32.8 Å². The second-order valence-corrected chi connectivity index (χ2v) is 5.84. The maximum absolute atomic E-state index is 4.29. The van der Waals surface area contributed by atoms with Crippen molar-refractivity contribution in [1.29, 1.82) is 0 Å². The van der Waals surface area contributed by atoms with Crippen LogP contribution in [-0.2, 0) is 13.5 Å². The summed E-state index contributed by atoms with van der Waals surface area (Å²) in [6.45, 7) is 7.88. The van der Waals surface area contributed by atoms with E-state index in [1.807, 2.05) is 7.05 Å². The number of aromatic nitrogens is 4. The topological polar surface area (TPSA) is 55.6 Å². The van der Waals surface area contributed by atoms with Crippen LogP contribution in [0.4, 0.5) is 0 Å². The standard InChI is InChI=1S/C12H23N5/c1-9(2)12(3,8-13-10-5-6-10)7-11-14-16-17(4)15-11/h9-10,13H,5-8H2,1-4H3. The Hall–Kier alpha value is -0.970. The summed E-state index contributed by atoms with van der Waals surface area (Å²) in [7, 11) is 1.81. The van der Waals surface area contributed by atoms with Crippen LogP contribution in [0.2, 0.25) is 0 Å². The molecule has 0 bridgehead atoms. The minimum Gasteiger partial charge on any atom is -0.313 e. The van der Waals surface area contributed by atoms with E-state index >= 15 is 0 Å². The maximum atomic E-state index is 4.29. The molecular weight excluding hydrogens is 214 g/mol. The summed E-state index contributed by atoms with van der Waals surface area (Å²) in [4.78, 5) is 1.53. The van der Waals surface area contributed by atoms with Gasteiger partial charge in [0.1, 0.15) is 0 Å². The summed E-state index contributed by atoms with van der Waals surface area (Å²) in [5, 5.41) is 15.9. The van der Waals surface area contributed by atoms with E-state index in [9.17, 15) is 0 Å². The lowest BCUT2D eigenvalue weighted by molar-refractivity contribution is 0.202. The monoisotopic (exact) mass is 237 g/mol. The van der Waals surface area contributed by atoms with Crippen molar-refractivity contribution in [1.82, 2.24) is 25.5 Å². The zero-order valence-corrected chi connectivity index (χ0v) is 11.3. The predicted octanol–water partition coefficient (Wildman–Crippen LogP) is 1.17. The van der Waals surface area contributed by atoms with Crippen LogP contribution in [0.1, 0.15) is 39.4 Å². The fraction of sp³-hybridized carbons (Fsp3) is 0.917. The highest BCUT2D eigenvalue weighted by Crippen LogP contribution is 2.31. The summed E-state index contributed by atoms with van der Waals surface area (Å²) in [6, 6.07) is 0.753. The molecule has 0 spiro atoms. The van der Waals surface area contributed by atoms with E-state index in [1.165, 1.54) is 17.6 Å². The Kier molecular flexibility index (Phi) is 3.47. The summed E-state index contributed by atoms with van der Waals surface area (Å²) in [5.41, 5.74) is 0.200. The van der Waals surface area contributed by atoms with Crippen molar-refractivity contribution in [2.75, 3.05) is 6.54 Å². The van der Waals surface area contributed by atoms with Crippen molar-refractivity contribution in [3.8, 4) is 0 Å². The molecule has 5 nitrogen and oxygen atoms in total. The lowest BCUT2D eigenvalue weighted by Gasteiger charge is -2.33. The zero-order chi connectivity index (χ0) is 12.5. The average Bonchev–Trinajstić information content (AvgIpc) is 3.00. The molecular formula is C12H23N5. The molecule has 2 rings (SSSR count). The Bertz CT molecular complexity index is 369. The summed E-state index contributed by atoms with van der Waals surface area (Å²) in [5.74, 6) is 1.44. The molecule has 17 heavy (non-hydrogen) atoms. The second-order valence-electron chi connectivity index (χ2n) is 5.84. The maximum Gasteiger partial charge on any atom is 0.175 e. The van der Waals surface area contributed by atoms with Crippen LogP contribution in [0.25, 0.3) is 0 Å². The fourth-order valence-electron chi connectivity index (χ4n) is 1.89. The van der Waals surface area contributed by atoms with E-state index < -0.39 is 0 Å². The van der Waals surface area contributed by atoms with Crippen molar-refractivity contribution in [3.05, 3.63) is 5.82 Å². The summed E-state index contributed by atoms with van der Waals surface area (Å²) in [6.07, 6.45) is 3.55. The van der Waals surface area contributed by atoms with Crippen molar-refractivity contribution in [2.24, 2.45) is 18.4 Å². The molecule has 0 saturated heterocycles. The normalized spacial score (nSPS) is 19.6. The molecule has 1 unspecified atom stereocenters. The molecule has 1 aliphatic rings. The Morgan fingerprint density at radius 2 is 2.18 bits per heavy atom. The highest BCUT2D eigenvalue weighted by molar-refractivity contribution is 4.93. The molecule has 1 aromatic heterocycles. The summed E-state index contributed by atoms with van der Waals surface area (Å²) < 4.78 is 0. The van der Waals surface area contributed by atoms with Crippen LogP contribution >= 0.6 is 0 Å². The Morgan fingerprint density at radius 1 is 1.47 bits per heavy atom. The van der Waals surface area contributed by atoms with E-state index in [0.717, 1.165) is 24.8 Å². The van der Waals surface area contributed by atoms with Crippen molar-refractivity contribution >= 4 is 0 Å². The fourth-order valence-corrected chi connectivity index (χ4v) is 1.89. The molecule has 0 aromatic carbocycles. The van der Waals surface area contributed by atoms with Crippen LogP contribution < -0.4 is 5.32 Å². The lowest BCUT2D eigenvalue weighted by Crippen LogP contribution is -2.39. The molecule has 96 valence electrons. The van der Waals surface area contributed by atoms with Gasteiger partial charge in [0, 0.05) is 19.0 Å². The third-order valence-electron chi connectivity index (χ3n) is 3.88. The van der Waals surface area contributed by atoms with E-state index in [2.05, 4.69) is 41.5 Å². The van der Waals surface area contributed by atoms with Gasteiger partial charge in [0.25, 0.3) is 0 Å². The molecule has 1 heterocycles. The smallest absolute Gasteiger partial charge is 0.175 e. The number of nitrogens with one attached hydrogen (secondary N) is 1. The molecule has 1 atom stereocenters. The first kappa shape index (κ1) is 12.5. The summed E-state index contributed by atoms with van der Waals surface area (Å²) >= 11 is 0. The molecule has 1 saturated carbocycles. The van der Waals surface area contributed by atoms with Crippen LogP contribution in [0.5, 0.6) is 0 Å². The van der Waals surface area contributed by atoms with E-state index in [0.29, 0.717) is 5.92 Å². The van der Waals surface area contributed by atoms with Crippen LogP contribution in [0.3, 0.4) is 0 Å². The van der Waals surface area contributed by atoms with E-state index in [-0.39, 0.29) is 5.41 Å². The molecule has 5 heteroatoms. The van der Waals surface area contributed by atoms with Gasteiger partial charge in [-0.2, -0.15) is 4.80 Å². The number of hydrogen-bond donors (Lipinski definition) is 1. The molecule has 1 N–H and O–H groups in total. The Morgan fingerprint density at radius 3 is 2.65 bits per heavy atom. The number of rotatable bonds is 6. The van der Waals surface area contributed by atoms with Gasteiger partial charge in [0.15, 0.2) is 5.82 Å². The Labute approximate surface area is 103 Å². The van der Waals surface area contributed by atoms with E-state index in [4.69, 9.17) is 0 Å². The first-order chi connectivity index (χ1) is 7.99. The SMILES string of the molecule is CC(C)C(C)(CNC1CC1)Cc1nnn(C)n1. The number of hydrogen-bond acceptors (Lipinski definition) is 4. The molecule has 1 fully saturated rings. The first-order valence-electron chi connectivity index (χ1n) is 6.46. The number of tetrazole rings is 1. The van der Waals surface area contributed by atoms with Crippen molar-refractivity contribution in [3.63, 3.8) is 0 Å². The highest BCUT2D eigenvalue weighted by atomic mass is 15.6. The van der Waals surface area contributed by atoms with Crippen molar-refractivity contribution < 1.29 is 0 Å². The average molecular weight is 237 g/mol. The van der Waals surface area contributed by atoms with Gasteiger partial charge in [-0.25, -0.2) is 0 Å². The van der Waals surface area contributed by atoms with Gasteiger partial charge in [-0.3, -0.25) is 0 Å². The van der Waals surface area contributed by atoms with Gasteiger partial charge in [-0.1, -0.05) is 20.8 Å². The molecule has 0 radical (unpaired) electrons.